The molecule has 1 nitrogen and oxygen atoms in total. The molecular formula is C2HCl2FOS. The van der Waals surface area contributed by atoms with E-state index >= 15 is 0 Å². The van der Waals surface area contributed by atoms with Crippen molar-refractivity contribution in [1.29, 1.82) is 0 Å². The lowest BCUT2D eigenvalue weighted by Crippen LogP contribution is -2.12. The maximum absolute atomic E-state index is 11.6. The molecule has 0 bridgehead atoms. The number of halogens is 3. The molecule has 0 unspecified atom stereocenters. The number of carbonyl (C=O) groups excluding carboxylic acids is 1. The van der Waals surface area contributed by atoms with Crippen molar-refractivity contribution in [2.24, 2.45) is 0 Å². The summed E-state index contributed by atoms with van der Waals surface area (Å²) < 4.78 is 8.79. The first-order valence-electron chi connectivity index (χ1n) is 1.24. The molecule has 0 saturated heterocycles. The van der Waals surface area contributed by atoms with Crippen molar-refractivity contribution in [3.05, 3.63) is 0 Å². The van der Waals surface area contributed by atoms with Crippen molar-refractivity contribution < 1.29 is 9.18 Å². The predicted molar refractivity (Wildman–Crippen MR) is 29.5 cm³/mol. The van der Waals surface area contributed by atoms with Gasteiger partial charge in [0.1, 0.15) is 0 Å². The van der Waals surface area contributed by atoms with Gasteiger partial charge in [0.15, 0.2) is 0 Å². The van der Waals surface area contributed by atoms with Gasteiger partial charge < -0.3 is 0 Å². The number of alkyl halides is 3. The van der Waals surface area contributed by atoms with Crippen molar-refractivity contribution in [3.63, 3.8) is 0 Å². The average molecular weight is 163 g/mol. The molecule has 0 spiro atoms. The monoisotopic (exact) mass is 162 g/mol. The molecular weight excluding hydrogens is 162 g/mol. The van der Waals surface area contributed by atoms with E-state index in [1.165, 1.54) is 0 Å². The molecule has 0 aliphatic rings. The normalized spacial score (nSPS) is 11.4. The third-order valence-electron chi connectivity index (χ3n) is 0.243. The van der Waals surface area contributed by atoms with E-state index in [0.29, 0.717) is 0 Å². The van der Waals surface area contributed by atoms with Crippen molar-refractivity contribution >= 4 is 40.9 Å². The minimum absolute atomic E-state index is 1.20. The van der Waals surface area contributed by atoms with Crippen molar-refractivity contribution in [3.8, 4) is 0 Å². The minimum atomic E-state index is -2.83. The number of hydrogen-bond donors (Lipinski definition) is 1. The number of hydrogen-bond acceptors (Lipinski definition) is 1. The van der Waals surface area contributed by atoms with Crippen LogP contribution in [0.25, 0.3) is 0 Å². The zero-order valence-corrected chi connectivity index (χ0v) is 5.40. The first kappa shape index (κ1) is 7.53. The lowest BCUT2D eigenvalue weighted by atomic mass is 10.8. The summed E-state index contributed by atoms with van der Waals surface area (Å²) in [6.07, 6.45) is 0. The molecule has 0 aromatic heterocycles. The van der Waals surface area contributed by atoms with Crippen molar-refractivity contribution in [2.45, 2.75) is 4.59 Å². The van der Waals surface area contributed by atoms with E-state index in [9.17, 15) is 9.18 Å². The lowest BCUT2D eigenvalue weighted by molar-refractivity contribution is -0.114. The smallest absolute Gasteiger partial charge is 0.281 e. The fourth-order valence-corrected chi connectivity index (χ4v) is 0. The third kappa shape index (κ3) is 3.14. The maximum atomic E-state index is 11.6. The molecule has 0 saturated carbocycles. The Hall–Kier alpha value is 0.530. The van der Waals surface area contributed by atoms with Gasteiger partial charge in [-0.25, -0.2) is 0 Å². The Morgan fingerprint density at radius 2 is 1.86 bits per heavy atom. The SMILES string of the molecule is O=C(S)C(F)(Cl)Cl. The summed E-state index contributed by atoms with van der Waals surface area (Å²) >= 11 is 12.1. The average Bonchev–Trinajstić information content (AvgIpc) is 1.31. The van der Waals surface area contributed by atoms with Gasteiger partial charge in [-0.2, -0.15) is 4.39 Å². The first-order valence-corrected chi connectivity index (χ1v) is 2.45. The summed E-state index contributed by atoms with van der Waals surface area (Å²) in [6.45, 7) is 0. The van der Waals surface area contributed by atoms with E-state index in [1.807, 2.05) is 0 Å². The summed E-state index contributed by atoms with van der Waals surface area (Å²) in [5.41, 5.74) is 0. The van der Waals surface area contributed by atoms with Crippen LogP contribution >= 0.6 is 35.8 Å². The van der Waals surface area contributed by atoms with Crippen LogP contribution in [0.1, 0.15) is 0 Å². The minimum Gasteiger partial charge on any atom is -0.281 e. The largest absolute Gasteiger partial charge is 0.325 e. The molecule has 0 radical (unpaired) electrons. The molecule has 0 fully saturated rings. The number of carbonyl (C=O) groups is 1. The summed E-state index contributed by atoms with van der Waals surface area (Å²) in [4.78, 5) is 9.69. The van der Waals surface area contributed by atoms with Gasteiger partial charge >= 0.3 is 4.59 Å². The zero-order valence-electron chi connectivity index (χ0n) is 2.99. The summed E-state index contributed by atoms with van der Waals surface area (Å²) in [6, 6.07) is 0. The van der Waals surface area contributed by atoms with E-state index in [0.717, 1.165) is 0 Å². The van der Waals surface area contributed by atoms with Gasteiger partial charge in [-0.15, -0.1) is 0 Å². The molecule has 0 aliphatic carbocycles. The molecule has 0 aromatic rings. The van der Waals surface area contributed by atoms with E-state index in [2.05, 4.69) is 35.8 Å². The molecule has 7 heavy (non-hydrogen) atoms. The molecule has 42 valence electrons. The first-order chi connectivity index (χ1) is 2.94. The van der Waals surface area contributed by atoms with Gasteiger partial charge in [0, 0.05) is 0 Å². The fraction of sp³-hybridized carbons (Fsp3) is 0.500. The quantitative estimate of drug-likeness (QED) is 0.458. The van der Waals surface area contributed by atoms with Gasteiger partial charge in [0.25, 0.3) is 5.12 Å². The second-order valence-electron chi connectivity index (χ2n) is 0.803. The number of thiol groups is 1. The topological polar surface area (TPSA) is 17.1 Å². The molecule has 0 aromatic carbocycles. The van der Waals surface area contributed by atoms with Crippen LogP contribution in [0.2, 0.25) is 0 Å². The third-order valence-corrected chi connectivity index (χ3v) is 1.16. The van der Waals surface area contributed by atoms with Crippen LogP contribution in [0.4, 0.5) is 4.39 Å². The van der Waals surface area contributed by atoms with Crippen LogP contribution in [-0.4, -0.2) is 9.70 Å². The van der Waals surface area contributed by atoms with E-state index in [4.69, 9.17) is 0 Å². The highest BCUT2D eigenvalue weighted by Gasteiger charge is 2.29. The summed E-state index contributed by atoms with van der Waals surface area (Å²) in [5.74, 6) is 0. The van der Waals surface area contributed by atoms with Crippen molar-refractivity contribution in [1.82, 2.24) is 0 Å². The molecule has 0 heterocycles. The molecule has 0 N–H and O–H groups in total. The van der Waals surface area contributed by atoms with Gasteiger partial charge in [-0.05, 0) is 0 Å². The van der Waals surface area contributed by atoms with Crippen LogP contribution < -0.4 is 0 Å². The fourth-order valence-electron chi connectivity index (χ4n) is 0. The second-order valence-corrected chi connectivity index (χ2v) is 2.44. The molecule has 5 heteroatoms. The summed E-state index contributed by atoms with van der Waals surface area (Å²) in [7, 11) is 0. The van der Waals surface area contributed by atoms with Crippen LogP contribution in [0.3, 0.4) is 0 Å². The van der Waals surface area contributed by atoms with E-state index < -0.39 is 9.70 Å². The Balaban J connectivity index is 3.79. The highest BCUT2D eigenvalue weighted by atomic mass is 35.5. The van der Waals surface area contributed by atoms with Crippen LogP contribution in [0, 0.1) is 0 Å². The Kier molecular flexibility index (Phi) is 2.37. The molecule has 0 atom stereocenters. The van der Waals surface area contributed by atoms with Crippen molar-refractivity contribution in [2.75, 3.05) is 0 Å². The highest BCUT2D eigenvalue weighted by Crippen LogP contribution is 2.24. The van der Waals surface area contributed by atoms with Gasteiger partial charge in [0.2, 0.25) is 0 Å². The Morgan fingerprint density at radius 3 is 1.86 bits per heavy atom. The molecule has 0 rings (SSSR count). The van der Waals surface area contributed by atoms with E-state index in [1.54, 1.807) is 0 Å². The van der Waals surface area contributed by atoms with Crippen LogP contribution in [0.15, 0.2) is 0 Å². The molecule has 0 aliphatic heterocycles. The summed E-state index contributed by atoms with van der Waals surface area (Å²) in [5, 5.41) is -1.20. The highest BCUT2D eigenvalue weighted by molar-refractivity contribution is 7.97. The maximum Gasteiger partial charge on any atom is 0.325 e. The molecule has 0 amide bonds. The van der Waals surface area contributed by atoms with Gasteiger partial charge in [-0.3, -0.25) is 4.79 Å². The standard InChI is InChI=1S/C2HCl2FOS/c3-2(4,5)1(6)7/h(H,6,7). The Bertz CT molecular complexity index is 88.2. The Labute approximate surface area is 55.2 Å². The second kappa shape index (κ2) is 2.20. The van der Waals surface area contributed by atoms with Crippen LogP contribution in [-0.2, 0) is 4.79 Å². The lowest BCUT2D eigenvalue weighted by Gasteiger charge is -1.98. The van der Waals surface area contributed by atoms with Gasteiger partial charge in [-0.1, -0.05) is 35.8 Å². The predicted octanol–water partition coefficient (Wildman–Crippen LogP) is 1.54. The van der Waals surface area contributed by atoms with Gasteiger partial charge in [0.05, 0.1) is 0 Å². The van der Waals surface area contributed by atoms with E-state index in [-0.39, 0.29) is 0 Å². The Morgan fingerprint density at radius 1 is 1.71 bits per heavy atom. The van der Waals surface area contributed by atoms with Crippen LogP contribution in [0.5, 0.6) is 0 Å². The zero-order chi connectivity index (χ0) is 6.08. The number of rotatable bonds is 1.